The van der Waals surface area contributed by atoms with E-state index in [1.807, 2.05) is 12.1 Å². The van der Waals surface area contributed by atoms with Crippen LogP contribution in [0, 0.1) is 0 Å². The molecule has 0 radical (unpaired) electrons. The zero-order valence-electron chi connectivity index (χ0n) is 15.3. The van der Waals surface area contributed by atoms with Crippen LogP contribution in [-0.4, -0.2) is 25.5 Å². The van der Waals surface area contributed by atoms with Crippen molar-refractivity contribution in [3.05, 3.63) is 92.1 Å². The second-order valence-electron chi connectivity index (χ2n) is 6.73. The van der Waals surface area contributed by atoms with Gasteiger partial charge in [0.25, 0.3) is 17.0 Å². The van der Waals surface area contributed by atoms with E-state index in [0.717, 1.165) is 15.4 Å². The van der Waals surface area contributed by atoms with Gasteiger partial charge in [-0.2, -0.15) is 4.52 Å². The molecule has 0 aliphatic heterocycles. The minimum absolute atomic E-state index is 0.0706. The minimum Gasteiger partial charge on any atom is -0.361 e. The standard InChI is InChI=1S/C21H14ClN5O3/c22-12-4-1-3-11(9-12)16-10-17(28)27-19(24-16)18(21(30)26-27)20(29)25-15-6-2-5-14-13(15)7-8-23-14/h1-10,23-24H,(H,25,29)(H,26,30). The van der Waals surface area contributed by atoms with Gasteiger partial charge in [0.1, 0.15) is 5.56 Å². The molecule has 8 nitrogen and oxygen atoms in total. The van der Waals surface area contributed by atoms with Gasteiger partial charge in [0.15, 0.2) is 5.65 Å². The van der Waals surface area contributed by atoms with Gasteiger partial charge in [-0.1, -0.05) is 29.8 Å². The number of carbonyl (C=O) groups is 1. The Balaban J connectivity index is 1.64. The van der Waals surface area contributed by atoms with Crippen LogP contribution in [0.1, 0.15) is 10.4 Å². The highest BCUT2D eigenvalue weighted by molar-refractivity contribution is 6.30. The lowest BCUT2D eigenvalue weighted by Gasteiger charge is -2.07. The van der Waals surface area contributed by atoms with Crippen LogP contribution in [0.25, 0.3) is 27.8 Å². The summed E-state index contributed by atoms with van der Waals surface area (Å²) in [7, 11) is 0. The third-order valence-corrected chi connectivity index (χ3v) is 5.08. The van der Waals surface area contributed by atoms with Crippen molar-refractivity contribution in [1.82, 2.24) is 19.6 Å². The van der Waals surface area contributed by atoms with Gasteiger partial charge in [0, 0.05) is 28.2 Å². The molecule has 0 atom stereocenters. The van der Waals surface area contributed by atoms with Crippen molar-refractivity contribution in [3.63, 3.8) is 0 Å². The molecular formula is C21H14ClN5O3. The molecule has 0 unspecified atom stereocenters. The highest BCUT2D eigenvalue weighted by Gasteiger charge is 2.21. The topological polar surface area (TPSA) is 115 Å². The molecule has 30 heavy (non-hydrogen) atoms. The number of rotatable bonds is 3. The van der Waals surface area contributed by atoms with Crippen LogP contribution in [0.3, 0.4) is 0 Å². The van der Waals surface area contributed by atoms with Gasteiger partial charge < -0.3 is 15.3 Å². The van der Waals surface area contributed by atoms with Crippen molar-refractivity contribution in [2.75, 3.05) is 5.32 Å². The maximum absolute atomic E-state index is 13.0. The molecule has 5 aromatic rings. The number of aromatic amines is 3. The number of carbonyl (C=O) groups excluding carboxylic acids is 1. The van der Waals surface area contributed by atoms with Gasteiger partial charge in [0.05, 0.1) is 11.4 Å². The number of hydrogen-bond donors (Lipinski definition) is 4. The van der Waals surface area contributed by atoms with Crippen LogP contribution in [0.15, 0.2) is 70.4 Å². The average molecular weight is 420 g/mol. The molecule has 0 fully saturated rings. The fraction of sp³-hybridized carbons (Fsp3) is 0. The Labute approximate surface area is 173 Å². The number of fused-ring (bicyclic) bond motifs is 2. The van der Waals surface area contributed by atoms with Gasteiger partial charge in [-0.05, 0) is 35.9 Å². The number of nitrogens with one attached hydrogen (secondary N) is 4. The highest BCUT2D eigenvalue weighted by Crippen LogP contribution is 2.23. The first-order chi connectivity index (χ1) is 14.5. The number of benzene rings is 2. The first-order valence-corrected chi connectivity index (χ1v) is 9.40. The van der Waals surface area contributed by atoms with E-state index in [1.165, 1.54) is 6.07 Å². The highest BCUT2D eigenvalue weighted by atomic mass is 35.5. The molecule has 0 saturated heterocycles. The summed E-state index contributed by atoms with van der Waals surface area (Å²) in [5.74, 6) is -0.633. The number of amides is 1. The maximum atomic E-state index is 13.0. The molecule has 4 N–H and O–H groups in total. The molecule has 0 spiro atoms. The fourth-order valence-electron chi connectivity index (χ4n) is 3.47. The van der Waals surface area contributed by atoms with Crippen LogP contribution < -0.4 is 16.4 Å². The molecule has 0 aliphatic rings. The number of aromatic nitrogens is 4. The SMILES string of the molecule is O=C(Nc1cccc2[nH]ccc12)c1c(=O)[nH]n2c(=O)cc(-c3cccc(Cl)c3)[nH]c12. The molecule has 9 heteroatoms. The predicted octanol–water partition coefficient (Wildman–Crippen LogP) is 3.37. The zero-order chi connectivity index (χ0) is 20.8. The van der Waals surface area contributed by atoms with Crippen LogP contribution >= 0.6 is 11.6 Å². The Morgan fingerprint density at radius 2 is 1.87 bits per heavy atom. The zero-order valence-corrected chi connectivity index (χ0v) is 16.1. The number of hydrogen-bond acceptors (Lipinski definition) is 3. The Hall–Kier alpha value is -4.04. The second kappa shape index (κ2) is 6.78. The number of nitrogens with zero attached hydrogens (tertiary/aromatic N) is 1. The van der Waals surface area contributed by atoms with Crippen molar-refractivity contribution >= 4 is 39.7 Å². The lowest BCUT2D eigenvalue weighted by atomic mass is 10.1. The molecular weight excluding hydrogens is 406 g/mol. The summed E-state index contributed by atoms with van der Waals surface area (Å²) in [6.45, 7) is 0. The van der Waals surface area contributed by atoms with Crippen LogP contribution in [0.2, 0.25) is 5.02 Å². The quantitative estimate of drug-likeness (QED) is 0.359. The second-order valence-corrected chi connectivity index (χ2v) is 7.17. The van der Waals surface area contributed by atoms with Crippen molar-refractivity contribution < 1.29 is 4.79 Å². The summed E-state index contributed by atoms with van der Waals surface area (Å²) >= 11 is 6.05. The van der Waals surface area contributed by atoms with E-state index in [1.54, 1.807) is 42.6 Å². The van der Waals surface area contributed by atoms with Crippen LogP contribution in [0.5, 0.6) is 0 Å². The molecule has 0 bridgehead atoms. The maximum Gasteiger partial charge on any atom is 0.279 e. The molecule has 1 amide bonds. The van der Waals surface area contributed by atoms with Crippen molar-refractivity contribution in [3.8, 4) is 11.3 Å². The van der Waals surface area contributed by atoms with Crippen molar-refractivity contribution in [1.29, 1.82) is 0 Å². The van der Waals surface area contributed by atoms with E-state index in [0.29, 0.717) is 22.0 Å². The van der Waals surface area contributed by atoms with Crippen LogP contribution in [-0.2, 0) is 0 Å². The molecule has 0 saturated carbocycles. The number of halogens is 1. The van der Waals surface area contributed by atoms with Crippen molar-refractivity contribution in [2.45, 2.75) is 0 Å². The lowest BCUT2D eigenvalue weighted by molar-refractivity contribution is 0.102. The van der Waals surface area contributed by atoms with E-state index >= 15 is 0 Å². The lowest BCUT2D eigenvalue weighted by Crippen LogP contribution is -2.20. The van der Waals surface area contributed by atoms with Crippen LogP contribution in [0.4, 0.5) is 5.69 Å². The van der Waals surface area contributed by atoms with Gasteiger partial charge in [-0.15, -0.1) is 0 Å². The molecule has 3 aromatic heterocycles. The smallest absolute Gasteiger partial charge is 0.279 e. The van der Waals surface area contributed by atoms with Gasteiger partial charge >= 0.3 is 0 Å². The average Bonchev–Trinajstić information content (AvgIpc) is 3.32. The summed E-state index contributed by atoms with van der Waals surface area (Å²) in [4.78, 5) is 44.1. The summed E-state index contributed by atoms with van der Waals surface area (Å²) in [5, 5.41) is 6.47. The Bertz CT molecular complexity index is 1560. The largest absolute Gasteiger partial charge is 0.361 e. The predicted molar refractivity (Wildman–Crippen MR) is 115 cm³/mol. The summed E-state index contributed by atoms with van der Waals surface area (Å²) in [6, 6.07) is 15.5. The normalized spacial score (nSPS) is 11.2. The Morgan fingerprint density at radius 3 is 2.70 bits per heavy atom. The fourth-order valence-corrected chi connectivity index (χ4v) is 3.66. The van der Waals surface area contributed by atoms with E-state index in [9.17, 15) is 14.4 Å². The molecule has 0 aliphatic carbocycles. The molecule has 2 aromatic carbocycles. The Morgan fingerprint density at radius 1 is 1.03 bits per heavy atom. The van der Waals surface area contributed by atoms with E-state index in [-0.39, 0.29) is 11.2 Å². The number of anilines is 1. The summed E-state index contributed by atoms with van der Waals surface area (Å²) in [5.41, 5.74) is 1.20. The third kappa shape index (κ3) is 2.90. The van der Waals surface area contributed by atoms with E-state index in [2.05, 4.69) is 20.4 Å². The van der Waals surface area contributed by atoms with Gasteiger partial charge in [-0.3, -0.25) is 19.5 Å². The monoisotopic (exact) mass is 419 g/mol. The molecule has 5 rings (SSSR count). The molecule has 3 heterocycles. The first-order valence-electron chi connectivity index (χ1n) is 9.03. The van der Waals surface area contributed by atoms with E-state index in [4.69, 9.17) is 11.6 Å². The molecule has 148 valence electrons. The van der Waals surface area contributed by atoms with Crippen molar-refractivity contribution in [2.24, 2.45) is 0 Å². The van der Waals surface area contributed by atoms with E-state index < -0.39 is 17.0 Å². The first kappa shape index (κ1) is 18.0. The third-order valence-electron chi connectivity index (χ3n) is 4.85. The minimum atomic E-state index is -0.676. The summed E-state index contributed by atoms with van der Waals surface area (Å²) in [6.07, 6.45) is 1.76. The summed E-state index contributed by atoms with van der Waals surface area (Å²) < 4.78 is 1.02. The van der Waals surface area contributed by atoms with Gasteiger partial charge in [0.2, 0.25) is 0 Å². The van der Waals surface area contributed by atoms with Gasteiger partial charge in [-0.25, -0.2) is 0 Å². The Kier molecular flexibility index (Phi) is 4.07. The number of H-pyrrole nitrogens is 3.